The Bertz CT molecular complexity index is 439. The van der Waals surface area contributed by atoms with E-state index >= 15 is 0 Å². The fourth-order valence-electron chi connectivity index (χ4n) is 3.48. The molecule has 1 fully saturated rings. The smallest absolute Gasteiger partial charge is 0.0468 e. The SMILES string of the molecule is CCC(N[C@@H](C)C1CCCCCC1)c1ccc(Cl)cc1Cl. The maximum atomic E-state index is 6.37. The third kappa shape index (κ3) is 4.87. The van der Waals surface area contributed by atoms with Crippen LogP contribution in [0.4, 0.5) is 0 Å². The zero-order chi connectivity index (χ0) is 15.2. The van der Waals surface area contributed by atoms with Gasteiger partial charge < -0.3 is 5.32 Å². The number of hydrogen-bond acceptors (Lipinski definition) is 1. The van der Waals surface area contributed by atoms with Crippen LogP contribution in [0.3, 0.4) is 0 Å². The Hall–Kier alpha value is -0.240. The van der Waals surface area contributed by atoms with E-state index in [1.807, 2.05) is 12.1 Å². The number of halogens is 2. The number of nitrogens with one attached hydrogen (secondary N) is 1. The van der Waals surface area contributed by atoms with Crippen molar-refractivity contribution >= 4 is 23.2 Å². The van der Waals surface area contributed by atoms with Gasteiger partial charge in [0, 0.05) is 22.1 Å². The van der Waals surface area contributed by atoms with E-state index in [9.17, 15) is 0 Å². The van der Waals surface area contributed by atoms with Gasteiger partial charge in [-0.1, -0.05) is 61.9 Å². The molecule has 118 valence electrons. The van der Waals surface area contributed by atoms with Crippen molar-refractivity contribution in [1.29, 1.82) is 0 Å². The molecule has 21 heavy (non-hydrogen) atoms. The summed E-state index contributed by atoms with van der Waals surface area (Å²) in [7, 11) is 0. The van der Waals surface area contributed by atoms with Crippen LogP contribution in [0.25, 0.3) is 0 Å². The third-order valence-electron chi connectivity index (χ3n) is 4.82. The molecule has 0 saturated heterocycles. The quantitative estimate of drug-likeness (QED) is 0.617. The normalized spacial score (nSPS) is 20.0. The summed E-state index contributed by atoms with van der Waals surface area (Å²) in [5.74, 6) is 0.799. The summed E-state index contributed by atoms with van der Waals surface area (Å²) in [5.41, 5.74) is 1.17. The van der Waals surface area contributed by atoms with Gasteiger partial charge in [-0.25, -0.2) is 0 Å². The van der Waals surface area contributed by atoms with Crippen LogP contribution in [-0.2, 0) is 0 Å². The van der Waals surface area contributed by atoms with Crippen molar-refractivity contribution in [1.82, 2.24) is 5.32 Å². The van der Waals surface area contributed by atoms with Crippen molar-refractivity contribution in [2.24, 2.45) is 5.92 Å². The average Bonchev–Trinajstić information content (AvgIpc) is 2.74. The maximum absolute atomic E-state index is 6.37. The molecule has 2 rings (SSSR count). The molecule has 0 bridgehead atoms. The Morgan fingerprint density at radius 1 is 1.14 bits per heavy atom. The van der Waals surface area contributed by atoms with Gasteiger partial charge >= 0.3 is 0 Å². The summed E-state index contributed by atoms with van der Waals surface area (Å²) in [6, 6.07) is 6.70. The van der Waals surface area contributed by atoms with Crippen LogP contribution >= 0.6 is 23.2 Å². The average molecular weight is 328 g/mol. The number of hydrogen-bond donors (Lipinski definition) is 1. The molecule has 2 atom stereocenters. The Labute approximate surface area is 139 Å². The summed E-state index contributed by atoms with van der Waals surface area (Å²) in [6.07, 6.45) is 9.34. The Morgan fingerprint density at radius 3 is 2.38 bits per heavy atom. The van der Waals surface area contributed by atoms with Gasteiger partial charge in [-0.2, -0.15) is 0 Å². The molecular formula is C18H27Cl2N. The molecule has 3 heteroatoms. The molecule has 0 spiro atoms. The van der Waals surface area contributed by atoms with Crippen molar-refractivity contribution in [2.45, 2.75) is 70.9 Å². The van der Waals surface area contributed by atoms with Crippen molar-refractivity contribution in [3.05, 3.63) is 33.8 Å². The molecule has 1 aromatic carbocycles. The fourth-order valence-corrected chi connectivity index (χ4v) is 4.02. The maximum Gasteiger partial charge on any atom is 0.0468 e. The molecule has 0 aromatic heterocycles. The van der Waals surface area contributed by atoms with Gasteiger partial charge in [0.05, 0.1) is 0 Å². The van der Waals surface area contributed by atoms with Gasteiger partial charge in [-0.05, 0) is 49.8 Å². The monoisotopic (exact) mass is 327 g/mol. The third-order valence-corrected chi connectivity index (χ3v) is 5.38. The minimum absolute atomic E-state index is 0.313. The second-order valence-corrected chi connectivity index (χ2v) is 7.18. The van der Waals surface area contributed by atoms with Crippen molar-refractivity contribution in [3.8, 4) is 0 Å². The van der Waals surface area contributed by atoms with Crippen LogP contribution in [-0.4, -0.2) is 6.04 Å². The molecule has 0 radical (unpaired) electrons. The highest BCUT2D eigenvalue weighted by Crippen LogP contribution is 2.31. The van der Waals surface area contributed by atoms with Crippen LogP contribution < -0.4 is 5.32 Å². The highest BCUT2D eigenvalue weighted by molar-refractivity contribution is 6.35. The first kappa shape index (κ1) is 17.1. The molecule has 1 nitrogen and oxygen atoms in total. The Morgan fingerprint density at radius 2 is 1.81 bits per heavy atom. The molecule has 1 N–H and O–H groups in total. The first-order valence-electron chi connectivity index (χ1n) is 8.32. The second kappa shape index (κ2) is 8.41. The van der Waals surface area contributed by atoms with Crippen LogP contribution in [0.15, 0.2) is 18.2 Å². The lowest BCUT2D eigenvalue weighted by Crippen LogP contribution is -2.36. The zero-order valence-corrected chi connectivity index (χ0v) is 14.7. The standard InChI is InChI=1S/C18H27Cl2N/c1-3-18(16-11-10-15(19)12-17(16)20)21-13(2)14-8-6-4-5-7-9-14/h10-14,18,21H,3-9H2,1-2H3/t13-,18?/m0/s1. The topological polar surface area (TPSA) is 12.0 Å². The zero-order valence-electron chi connectivity index (χ0n) is 13.2. The molecule has 1 aliphatic rings. The number of rotatable bonds is 5. The summed E-state index contributed by atoms with van der Waals surface area (Å²) in [6.45, 7) is 4.55. The van der Waals surface area contributed by atoms with Crippen molar-refractivity contribution < 1.29 is 0 Å². The van der Waals surface area contributed by atoms with Gasteiger partial charge in [0.25, 0.3) is 0 Å². The first-order valence-corrected chi connectivity index (χ1v) is 9.08. The van der Waals surface area contributed by atoms with E-state index in [0.29, 0.717) is 17.1 Å². The van der Waals surface area contributed by atoms with E-state index in [4.69, 9.17) is 23.2 Å². The van der Waals surface area contributed by atoms with E-state index < -0.39 is 0 Å². The number of benzene rings is 1. The van der Waals surface area contributed by atoms with Crippen LogP contribution in [0.2, 0.25) is 10.0 Å². The summed E-state index contributed by atoms with van der Waals surface area (Å²) < 4.78 is 0. The van der Waals surface area contributed by atoms with Crippen LogP contribution in [0.1, 0.15) is 70.4 Å². The minimum Gasteiger partial charge on any atom is -0.307 e. The Kier molecular flexibility index (Phi) is 6.85. The van der Waals surface area contributed by atoms with Gasteiger partial charge in [0.15, 0.2) is 0 Å². The molecular weight excluding hydrogens is 301 g/mol. The molecule has 0 heterocycles. The Balaban J connectivity index is 2.03. The largest absolute Gasteiger partial charge is 0.307 e. The second-order valence-electron chi connectivity index (χ2n) is 6.33. The lowest BCUT2D eigenvalue weighted by atomic mass is 9.91. The summed E-state index contributed by atoms with van der Waals surface area (Å²) in [5, 5.41) is 5.29. The molecule has 0 aliphatic heterocycles. The molecule has 1 aromatic rings. The lowest BCUT2D eigenvalue weighted by molar-refractivity contribution is 0.306. The van der Waals surface area contributed by atoms with E-state index in [-0.39, 0.29) is 0 Å². The van der Waals surface area contributed by atoms with Gasteiger partial charge in [0.2, 0.25) is 0 Å². The van der Waals surface area contributed by atoms with Crippen LogP contribution in [0, 0.1) is 5.92 Å². The van der Waals surface area contributed by atoms with Gasteiger partial charge in [-0.3, -0.25) is 0 Å². The highest BCUT2D eigenvalue weighted by Gasteiger charge is 2.22. The predicted octanol–water partition coefficient (Wildman–Crippen LogP) is 6.39. The lowest BCUT2D eigenvalue weighted by Gasteiger charge is -2.29. The highest BCUT2D eigenvalue weighted by atomic mass is 35.5. The van der Waals surface area contributed by atoms with Gasteiger partial charge in [0.1, 0.15) is 0 Å². The van der Waals surface area contributed by atoms with E-state index in [2.05, 4.69) is 25.2 Å². The summed E-state index contributed by atoms with van der Waals surface area (Å²) >= 11 is 12.4. The molecule has 1 aliphatic carbocycles. The minimum atomic E-state index is 0.313. The van der Waals surface area contributed by atoms with Crippen molar-refractivity contribution in [2.75, 3.05) is 0 Å². The van der Waals surface area contributed by atoms with E-state index in [0.717, 1.165) is 17.4 Å². The summed E-state index contributed by atoms with van der Waals surface area (Å²) in [4.78, 5) is 0. The molecule has 1 unspecified atom stereocenters. The first-order chi connectivity index (χ1) is 10.1. The van der Waals surface area contributed by atoms with E-state index in [1.54, 1.807) is 0 Å². The van der Waals surface area contributed by atoms with Gasteiger partial charge in [-0.15, -0.1) is 0 Å². The van der Waals surface area contributed by atoms with Crippen molar-refractivity contribution in [3.63, 3.8) is 0 Å². The predicted molar refractivity (Wildman–Crippen MR) is 93.3 cm³/mol. The van der Waals surface area contributed by atoms with Crippen LogP contribution in [0.5, 0.6) is 0 Å². The molecule has 1 saturated carbocycles. The van der Waals surface area contributed by atoms with E-state index in [1.165, 1.54) is 44.1 Å². The fraction of sp³-hybridized carbons (Fsp3) is 0.667. The molecule has 0 amide bonds.